The van der Waals surface area contributed by atoms with Gasteiger partial charge in [0, 0.05) is 11.6 Å². The van der Waals surface area contributed by atoms with Crippen molar-refractivity contribution in [1.82, 2.24) is 9.78 Å². The minimum Gasteiger partial charge on any atom is -0.369 e. The third kappa shape index (κ3) is 2.52. The highest BCUT2D eigenvalue weighted by Crippen LogP contribution is 2.43. The Morgan fingerprint density at radius 2 is 2.00 bits per heavy atom. The lowest BCUT2D eigenvalue weighted by molar-refractivity contribution is -0.173. The van der Waals surface area contributed by atoms with E-state index in [1.165, 1.54) is 0 Å². The van der Waals surface area contributed by atoms with E-state index in [1.54, 1.807) is 6.92 Å². The Labute approximate surface area is 121 Å². The summed E-state index contributed by atoms with van der Waals surface area (Å²) >= 11 is 0. The van der Waals surface area contributed by atoms with E-state index in [0.29, 0.717) is 11.5 Å². The zero-order valence-corrected chi connectivity index (χ0v) is 12.4. The van der Waals surface area contributed by atoms with Crippen LogP contribution in [0.25, 0.3) is 0 Å². The van der Waals surface area contributed by atoms with Crippen molar-refractivity contribution in [3.8, 4) is 0 Å². The van der Waals surface area contributed by atoms with Crippen LogP contribution >= 0.6 is 0 Å². The van der Waals surface area contributed by atoms with Gasteiger partial charge in [0.15, 0.2) is 6.04 Å². The maximum Gasteiger partial charge on any atom is 0.410 e. The summed E-state index contributed by atoms with van der Waals surface area (Å²) in [4.78, 5) is 0. The summed E-state index contributed by atoms with van der Waals surface area (Å²) < 4.78 is 46.6. The monoisotopic (exact) mass is 303 g/mol. The lowest BCUT2D eigenvalue weighted by Gasteiger charge is -2.31. The molecule has 3 heterocycles. The summed E-state index contributed by atoms with van der Waals surface area (Å²) in [6.07, 6.45) is -2.62. The van der Waals surface area contributed by atoms with Gasteiger partial charge in [0.25, 0.3) is 0 Å². The van der Waals surface area contributed by atoms with Gasteiger partial charge < -0.3 is 10.1 Å². The molecule has 0 amide bonds. The number of aromatic nitrogens is 2. The average Bonchev–Trinajstić information content (AvgIpc) is 2.93. The van der Waals surface area contributed by atoms with Gasteiger partial charge >= 0.3 is 6.18 Å². The number of alkyl halides is 3. The van der Waals surface area contributed by atoms with Gasteiger partial charge in [-0.3, -0.25) is 0 Å². The fraction of sp³-hybridized carbons (Fsp3) is 0.786. The third-order valence-electron chi connectivity index (χ3n) is 4.35. The van der Waals surface area contributed by atoms with Crippen molar-refractivity contribution in [2.75, 3.05) is 5.32 Å². The van der Waals surface area contributed by atoms with Crippen LogP contribution in [0.2, 0.25) is 0 Å². The van der Waals surface area contributed by atoms with Crippen LogP contribution in [-0.2, 0) is 4.74 Å². The second-order valence-corrected chi connectivity index (χ2v) is 6.15. The van der Waals surface area contributed by atoms with Crippen LogP contribution in [0, 0.1) is 6.92 Å². The summed E-state index contributed by atoms with van der Waals surface area (Å²) in [6, 6.07) is -1.79. The largest absolute Gasteiger partial charge is 0.410 e. The van der Waals surface area contributed by atoms with Crippen molar-refractivity contribution in [2.45, 2.75) is 70.5 Å². The van der Waals surface area contributed by atoms with Gasteiger partial charge in [0.05, 0.1) is 11.8 Å². The van der Waals surface area contributed by atoms with E-state index in [4.69, 9.17) is 4.74 Å². The highest BCUT2D eigenvalue weighted by Gasteiger charge is 2.46. The van der Waals surface area contributed by atoms with Crippen molar-refractivity contribution in [2.24, 2.45) is 0 Å². The SMILES string of the molecule is Cc1c(C2CCC(C)O2)nn2c1NC(C)CC2C(F)(F)F. The fourth-order valence-electron chi connectivity index (χ4n) is 3.24. The molecule has 4 unspecified atom stereocenters. The van der Waals surface area contributed by atoms with Crippen LogP contribution in [0.5, 0.6) is 0 Å². The van der Waals surface area contributed by atoms with Gasteiger partial charge in [-0.25, -0.2) is 4.68 Å². The van der Waals surface area contributed by atoms with Crippen molar-refractivity contribution in [3.63, 3.8) is 0 Å². The number of hydrogen-bond donors (Lipinski definition) is 1. The standard InChI is InChI=1S/C14H20F3N3O/c1-7-6-11(14(15,16)17)20-13(18-7)9(3)12(19-20)10-5-4-8(2)21-10/h7-8,10-11,18H,4-6H2,1-3H3. The van der Waals surface area contributed by atoms with E-state index in [0.717, 1.165) is 23.1 Å². The van der Waals surface area contributed by atoms with Gasteiger partial charge in [-0.15, -0.1) is 0 Å². The fourth-order valence-corrected chi connectivity index (χ4v) is 3.24. The summed E-state index contributed by atoms with van der Waals surface area (Å²) in [5.41, 5.74) is 1.42. The normalized spacial score (nSPS) is 32.9. The smallest absolute Gasteiger partial charge is 0.369 e. The highest BCUT2D eigenvalue weighted by atomic mass is 19.4. The number of anilines is 1. The Morgan fingerprint density at radius 3 is 2.57 bits per heavy atom. The third-order valence-corrected chi connectivity index (χ3v) is 4.35. The molecule has 0 bridgehead atoms. The zero-order valence-electron chi connectivity index (χ0n) is 12.4. The molecule has 3 rings (SSSR count). The van der Waals surface area contributed by atoms with Crippen LogP contribution in [0.1, 0.15) is 56.5 Å². The molecular weight excluding hydrogens is 283 g/mol. The number of nitrogens with zero attached hydrogens (tertiary/aromatic N) is 2. The molecule has 2 aliphatic heterocycles. The van der Waals surface area contributed by atoms with E-state index < -0.39 is 12.2 Å². The number of fused-ring (bicyclic) bond motifs is 1. The first kappa shape index (κ1) is 14.7. The molecule has 1 aromatic rings. The first-order chi connectivity index (χ1) is 9.77. The molecule has 4 nitrogen and oxygen atoms in total. The molecular formula is C14H20F3N3O. The maximum atomic E-state index is 13.3. The van der Waals surface area contributed by atoms with Crippen LogP contribution in [0.15, 0.2) is 0 Å². The second-order valence-electron chi connectivity index (χ2n) is 6.15. The Hall–Kier alpha value is -1.24. The van der Waals surface area contributed by atoms with Gasteiger partial charge in [-0.05, 0) is 40.0 Å². The molecule has 4 atom stereocenters. The molecule has 0 spiro atoms. The summed E-state index contributed by atoms with van der Waals surface area (Å²) in [6.45, 7) is 5.56. The van der Waals surface area contributed by atoms with Gasteiger partial charge in [0.1, 0.15) is 11.9 Å². The lowest BCUT2D eigenvalue weighted by atomic mass is 10.0. The lowest BCUT2D eigenvalue weighted by Crippen LogP contribution is -2.38. The van der Waals surface area contributed by atoms with Crippen LogP contribution < -0.4 is 5.32 Å². The number of hydrogen-bond acceptors (Lipinski definition) is 3. The van der Waals surface area contributed by atoms with Crippen LogP contribution in [0.3, 0.4) is 0 Å². The minimum atomic E-state index is -4.29. The number of halogens is 3. The summed E-state index contributed by atoms with van der Waals surface area (Å²) in [7, 11) is 0. The van der Waals surface area contributed by atoms with Gasteiger partial charge in [-0.2, -0.15) is 18.3 Å². The van der Waals surface area contributed by atoms with E-state index in [-0.39, 0.29) is 24.7 Å². The molecule has 0 radical (unpaired) electrons. The molecule has 1 aromatic heterocycles. The Balaban J connectivity index is 2.00. The Bertz CT molecular complexity index is 540. The number of rotatable bonds is 1. The molecule has 118 valence electrons. The molecule has 21 heavy (non-hydrogen) atoms. The topological polar surface area (TPSA) is 39.1 Å². The van der Waals surface area contributed by atoms with E-state index in [2.05, 4.69) is 10.4 Å². The zero-order chi connectivity index (χ0) is 15.4. The average molecular weight is 303 g/mol. The van der Waals surface area contributed by atoms with Crippen molar-refractivity contribution >= 4 is 5.82 Å². The molecule has 7 heteroatoms. The quantitative estimate of drug-likeness (QED) is 0.859. The summed E-state index contributed by atoms with van der Waals surface area (Å²) in [5, 5.41) is 7.39. The molecule has 0 saturated carbocycles. The van der Waals surface area contributed by atoms with Gasteiger partial charge in [-0.1, -0.05) is 0 Å². The van der Waals surface area contributed by atoms with Crippen molar-refractivity contribution in [3.05, 3.63) is 11.3 Å². The molecule has 0 aromatic carbocycles. The van der Waals surface area contributed by atoms with Crippen molar-refractivity contribution in [1.29, 1.82) is 0 Å². The van der Waals surface area contributed by atoms with Crippen LogP contribution in [-0.4, -0.2) is 28.1 Å². The van der Waals surface area contributed by atoms with E-state index >= 15 is 0 Å². The minimum absolute atomic E-state index is 0.00101. The maximum absolute atomic E-state index is 13.3. The molecule has 1 N–H and O–H groups in total. The molecule has 1 fully saturated rings. The Kier molecular flexibility index (Phi) is 3.43. The number of nitrogens with one attached hydrogen (secondary N) is 1. The summed E-state index contributed by atoms with van der Waals surface area (Å²) in [5.74, 6) is 0.481. The molecule has 1 saturated heterocycles. The second kappa shape index (κ2) is 4.90. The van der Waals surface area contributed by atoms with E-state index in [9.17, 15) is 13.2 Å². The first-order valence-corrected chi connectivity index (χ1v) is 7.35. The van der Waals surface area contributed by atoms with Crippen LogP contribution in [0.4, 0.5) is 19.0 Å². The van der Waals surface area contributed by atoms with Crippen molar-refractivity contribution < 1.29 is 17.9 Å². The predicted molar refractivity (Wildman–Crippen MR) is 72.3 cm³/mol. The Morgan fingerprint density at radius 1 is 1.29 bits per heavy atom. The first-order valence-electron chi connectivity index (χ1n) is 7.35. The molecule has 0 aliphatic carbocycles. The predicted octanol–water partition coefficient (Wildman–Crippen LogP) is 3.74. The van der Waals surface area contributed by atoms with E-state index in [1.807, 2.05) is 13.8 Å². The number of ether oxygens (including phenoxy) is 1. The van der Waals surface area contributed by atoms with Gasteiger partial charge in [0.2, 0.25) is 0 Å². The molecule has 2 aliphatic rings. The highest BCUT2D eigenvalue weighted by molar-refractivity contribution is 5.50.